The molecule has 18 heavy (non-hydrogen) atoms. The van der Waals surface area contributed by atoms with Crippen LogP contribution < -0.4 is 0 Å². The van der Waals surface area contributed by atoms with E-state index < -0.39 is 0 Å². The molecule has 1 aliphatic carbocycles. The first-order valence-electron chi connectivity index (χ1n) is 6.36. The van der Waals surface area contributed by atoms with Gasteiger partial charge >= 0.3 is 0 Å². The van der Waals surface area contributed by atoms with E-state index in [-0.39, 0.29) is 5.91 Å². The van der Waals surface area contributed by atoms with Crippen LogP contribution in [0.5, 0.6) is 0 Å². The summed E-state index contributed by atoms with van der Waals surface area (Å²) in [7, 11) is 0. The molecule has 0 N–H and O–H groups in total. The maximum Gasteiger partial charge on any atom is 0.253 e. The molecule has 0 radical (unpaired) electrons. The Kier molecular flexibility index (Phi) is 4.68. The summed E-state index contributed by atoms with van der Waals surface area (Å²) < 4.78 is 0.824. The zero-order valence-electron chi connectivity index (χ0n) is 10.5. The highest BCUT2D eigenvalue weighted by atomic mass is 79.9. The molecule has 0 aromatic heterocycles. The number of carbonyl (C=O) groups is 1. The summed E-state index contributed by atoms with van der Waals surface area (Å²) in [6, 6.07) is 5.40. The van der Waals surface area contributed by atoms with Gasteiger partial charge in [-0.25, -0.2) is 0 Å². The van der Waals surface area contributed by atoms with E-state index in [2.05, 4.69) is 22.9 Å². The van der Waals surface area contributed by atoms with Crippen LogP contribution in [0.15, 0.2) is 22.7 Å². The summed E-state index contributed by atoms with van der Waals surface area (Å²) in [6.45, 7) is 3.81. The summed E-state index contributed by atoms with van der Waals surface area (Å²) in [4.78, 5) is 14.4. The van der Waals surface area contributed by atoms with Gasteiger partial charge in [-0.05, 0) is 59.3 Å². The average Bonchev–Trinajstić information content (AvgIpc) is 3.15. The number of carbonyl (C=O) groups excluding carboxylic acids is 1. The van der Waals surface area contributed by atoms with Crippen molar-refractivity contribution < 1.29 is 4.79 Å². The molecule has 0 aliphatic heterocycles. The van der Waals surface area contributed by atoms with E-state index in [4.69, 9.17) is 11.6 Å². The summed E-state index contributed by atoms with van der Waals surface area (Å²) in [5.74, 6) is 0.810. The predicted octanol–water partition coefficient (Wildman–Crippen LogP) is 4.36. The summed E-state index contributed by atoms with van der Waals surface area (Å²) in [6.07, 6.45) is 3.51. The lowest BCUT2D eigenvalue weighted by Crippen LogP contribution is -2.33. The van der Waals surface area contributed by atoms with Crippen LogP contribution in [-0.2, 0) is 0 Å². The molecule has 1 amide bonds. The second-order valence-corrected chi connectivity index (χ2v) is 6.08. The van der Waals surface area contributed by atoms with Crippen molar-refractivity contribution in [1.82, 2.24) is 4.90 Å². The molecule has 0 spiro atoms. The molecule has 2 rings (SSSR count). The van der Waals surface area contributed by atoms with Gasteiger partial charge in [0, 0.05) is 23.1 Å². The first-order valence-corrected chi connectivity index (χ1v) is 7.53. The largest absolute Gasteiger partial charge is 0.338 e. The Morgan fingerprint density at radius 1 is 1.50 bits per heavy atom. The third kappa shape index (κ3) is 3.48. The van der Waals surface area contributed by atoms with Crippen molar-refractivity contribution in [3.05, 3.63) is 33.3 Å². The van der Waals surface area contributed by atoms with Crippen molar-refractivity contribution in [2.45, 2.75) is 26.2 Å². The molecule has 0 heterocycles. The van der Waals surface area contributed by atoms with Gasteiger partial charge in [-0.1, -0.05) is 18.5 Å². The van der Waals surface area contributed by atoms with Gasteiger partial charge in [0.15, 0.2) is 0 Å². The highest BCUT2D eigenvalue weighted by molar-refractivity contribution is 9.10. The molecule has 0 saturated heterocycles. The van der Waals surface area contributed by atoms with Crippen LogP contribution >= 0.6 is 27.5 Å². The summed E-state index contributed by atoms with van der Waals surface area (Å²) >= 11 is 9.38. The molecule has 1 aromatic carbocycles. The molecule has 1 saturated carbocycles. The summed E-state index contributed by atoms with van der Waals surface area (Å²) in [5, 5.41) is 0.587. The first-order chi connectivity index (χ1) is 8.61. The van der Waals surface area contributed by atoms with Gasteiger partial charge in [-0.2, -0.15) is 0 Å². The van der Waals surface area contributed by atoms with Crippen molar-refractivity contribution >= 4 is 33.4 Å². The fourth-order valence-electron chi connectivity index (χ4n) is 1.97. The van der Waals surface area contributed by atoms with Gasteiger partial charge in [0.25, 0.3) is 5.91 Å². The van der Waals surface area contributed by atoms with Crippen LogP contribution in [0.2, 0.25) is 5.02 Å². The Balaban J connectivity index is 2.12. The van der Waals surface area contributed by atoms with E-state index in [1.165, 1.54) is 12.8 Å². The molecule has 1 fully saturated rings. The van der Waals surface area contributed by atoms with Gasteiger partial charge < -0.3 is 4.90 Å². The molecule has 0 unspecified atom stereocenters. The van der Waals surface area contributed by atoms with Crippen molar-refractivity contribution in [1.29, 1.82) is 0 Å². The van der Waals surface area contributed by atoms with E-state index in [0.29, 0.717) is 16.5 Å². The number of halogens is 2. The third-order valence-electron chi connectivity index (χ3n) is 3.12. The molecule has 0 bridgehead atoms. The quantitative estimate of drug-likeness (QED) is 0.785. The number of hydrogen-bond acceptors (Lipinski definition) is 1. The normalized spacial score (nSPS) is 14.6. The molecule has 0 atom stereocenters. The maximum atomic E-state index is 12.4. The van der Waals surface area contributed by atoms with Crippen LogP contribution in [0.4, 0.5) is 0 Å². The molecular weight excluding hydrogens is 314 g/mol. The van der Waals surface area contributed by atoms with Crippen molar-refractivity contribution in [3.8, 4) is 0 Å². The minimum atomic E-state index is 0.0955. The molecule has 2 nitrogen and oxygen atoms in total. The van der Waals surface area contributed by atoms with E-state index >= 15 is 0 Å². The lowest BCUT2D eigenvalue weighted by molar-refractivity contribution is 0.0747. The Morgan fingerprint density at radius 3 is 2.78 bits per heavy atom. The second-order valence-electron chi connectivity index (χ2n) is 4.82. The SMILES string of the molecule is CCCN(CC1CC1)C(=O)c1ccc(Br)c(Cl)c1. The molecule has 1 aromatic rings. The molecular formula is C14H17BrClNO. The number of hydrogen-bond donors (Lipinski definition) is 0. The minimum absolute atomic E-state index is 0.0955. The zero-order chi connectivity index (χ0) is 13.1. The van der Waals surface area contributed by atoms with Gasteiger partial charge in [-0.15, -0.1) is 0 Å². The Labute approximate surface area is 121 Å². The van der Waals surface area contributed by atoms with Gasteiger partial charge in [0.05, 0.1) is 5.02 Å². The van der Waals surface area contributed by atoms with Crippen LogP contribution in [0.3, 0.4) is 0 Å². The standard InChI is InChI=1S/C14H17BrClNO/c1-2-7-17(9-10-3-4-10)14(18)11-5-6-12(15)13(16)8-11/h5-6,8,10H,2-4,7,9H2,1H3. The average molecular weight is 331 g/mol. The minimum Gasteiger partial charge on any atom is -0.338 e. The topological polar surface area (TPSA) is 20.3 Å². The molecule has 1 aliphatic rings. The van der Waals surface area contributed by atoms with Crippen molar-refractivity contribution in [2.75, 3.05) is 13.1 Å². The maximum absolute atomic E-state index is 12.4. The zero-order valence-corrected chi connectivity index (χ0v) is 12.8. The second kappa shape index (κ2) is 6.07. The smallest absolute Gasteiger partial charge is 0.253 e. The number of amides is 1. The highest BCUT2D eigenvalue weighted by Gasteiger charge is 2.26. The lowest BCUT2D eigenvalue weighted by Gasteiger charge is -2.22. The third-order valence-corrected chi connectivity index (χ3v) is 4.36. The highest BCUT2D eigenvalue weighted by Crippen LogP contribution is 2.30. The van der Waals surface area contributed by atoms with Crippen LogP contribution in [-0.4, -0.2) is 23.9 Å². The number of nitrogens with zero attached hydrogens (tertiary/aromatic N) is 1. The molecule has 4 heteroatoms. The van der Waals surface area contributed by atoms with E-state index in [9.17, 15) is 4.79 Å². The van der Waals surface area contributed by atoms with E-state index in [0.717, 1.165) is 24.0 Å². The number of benzene rings is 1. The summed E-state index contributed by atoms with van der Waals surface area (Å²) in [5.41, 5.74) is 0.678. The monoisotopic (exact) mass is 329 g/mol. The fraction of sp³-hybridized carbons (Fsp3) is 0.500. The van der Waals surface area contributed by atoms with E-state index in [1.807, 2.05) is 17.0 Å². The van der Waals surface area contributed by atoms with Crippen molar-refractivity contribution in [2.24, 2.45) is 5.92 Å². The van der Waals surface area contributed by atoms with Crippen LogP contribution in [0.1, 0.15) is 36.5 Å². The van der Waals surface area contributed by atoms with Gasteiger partial charge in [0.2, 0.25) is 0 Å². The Bertz CT molecular complexity index is 445. The van der Waals surface area contributed by atoms with Gasteiger partial charge in [0.1, 0.15) is 0 Å². The van der Waals surface area contributed by atoms with Gasteiger partial charge in [-0.3, -0.25) is 4.79 Å². The molecule has 98 valence electrons. The van der Waals surface area contributed by atoms with Crippen LogP contribution in [0.25, 0.3) is 0 Å². The van der Waals surface area contributed by atoms with Crippen LogP contribution in [0, 0.1) is 5.92 Å². The number of rotatable bonds is 5. The Morgan fingerprint density at radius 2 is 2.22 bits per heavy atom. The first kappa shape index (κ1) is 13.9. The van der Waals surface area contributed by atoms with E-state index in [1.54, 1.807) is 6.07 Å². The predicted molar refractivity (Wildman–Crippen MR) is 78.1 cm³/mol. The fourth-order valence-corrected chi connectivity index (χ4v) is 2.40. The van der Waals surface area contributed by atoms with Crippen molar-refractivity contribution in [3.63, 3.8) is 0 Å². The lowest BCUT2D eigenvalue weighted by atomic mass is 10.2. The Hall–Kier alpha value is -0.540.